The molecule has 1 rings (SSSR count). The number of esters is 2. The van der Waals surface area contributed by atoms with Gasteiger partial charge in [0.25, 0.3) is 0 Å². The van der Waals surface area contributed by atoms with Crippen LogP contribution >= 0.6 is 0 Å². The maximum absolute atomic E-state index is 10.7. The zero-order valence-electron chi connectivity index (χ0n) is 21.3. The fraction of sp³-hybridized carbons (Fsp3) is 0.727. The van der Waals surface area contributed by atoms with Crippen molar-refractivity contribution in [3.63, 3.8) is 0 Å². The molecule has 0 aromatic rings. The van der Waals surface area contributed by atoms with Crippen molar-refractivity contribution in [2.45, 2.75) is 84.5 Å². The van der Waals surface area contributed by atoms with E-state index in [2.05, 4.69) is 0 Å². The smallest absolute Gasteiger partial charge is 0.550 e. The number of carbonyl (C=O) groups is 6. The largest absolute Gasteiger partial charge is 4.00 e. The van der Waals surface area contributed by atoms with E-state index in [1.807, 2.05) is 13.8 Å². The summed E-state index contributed by atoms with van der Waals surface area (Å²) in [4.78, 5) is 61.7. The predicted octanol–water partition coefficient (Wildman–Crippen LogP) is -2.30. The maximum atomic E-state index is 10.7. The van der Waals surface area contributed by atoms with E-state index in [9.17, 15) is 49.2 Å². The molecule has 0 radical (unpaired) electrons. The van der Waals surface area contributed by atoms with Crippen molar-refractivity contribution < 1.29 is 79.7 Å². The average Bonchev–Trinajstić information content (AvgIpc) is 2.70. The quantitative estimate of drug-likeness (QED) is 0.109. The van der Waals surface area contributed by atoms with Gasteiger partial charge in [-0.2, -0.15) is 0 Å². The first-order chi connectivity index (χ1) is 15.9. The molecule has 1 fully saturated rings. The van der Waals surface area contributed by atoms with Gasteiger partial charge < -0.3 is 61.4 Å². The van der Waals surface area contributed by atoms with E-state index in [1.54, 1.807) is 0 Å². The summed E-state index contributed by atoms with van der Waals surface area (Å²) in [6.07, 6.45) is 3.76. The second kappa shape index (κ2) is 26.5. The molecule has 1 aliphatic carbocycles. The summed E-state index contributed by atoms with van der Waals surface area (Å²) in [6, 6.07) is 0. The standard InChI is InChI=1S/2C8H14O4.C6H8O4.2H3N.Pt/c2*1-2-3-6-12-8(11)5-4-7(9)10;7-4(8)6(5(9)10)2-1-3-6;;;/h2*2-6H2,1H3,(H,9,10);1-3H2,(H,7,8)(H,9,10);2*1H3;/q;;;;;+4/p-4. The van der Waals surface area contributed by atoms with Gasteiger partial charge in [-0.05, 0) is 38.5 Å². The van der Waals surface area contributed by atoms with Crippen molar-refractivity contribution in [1.82, 2.24) is 12.3 Å². The zero-order valence-corrected chi connectivity index (χ0v) is 23.6. The van der Waals surface area contributed by atoms with Crippen LogP contribution in [-0.4, -0.2) is 49.0 Å². The minimum atomic E-state index is -1.67. The third-order valence-corrected chi connectivity index (χ3v) is 4.58. The minimum absolute atomic E-state index is 0. The summed E-state index contributed by atoms with van der Waals surface area (Å²) in [5.41, 5.74) is -1.67. The first-order valence-electron chi connectivity index (χ1n) is 11.1. The monoisotopic (exact) mass is 717 g/mol. The van der Waals surface area contributed by atoms with Gasteiger partial charge in [0.1, 0.15) is 0 Å². The van der Waals surface area contributed by atoms with E-state index < -0.39 is 41.2 Å². The van der Waals surface area contributed by atoms with Crippen LogP contribution < -0.4 is 32.7 Å². The fourth-order valence-corrected chi connectivity index (χ4v) is 2.24. The van der Waals surface area contributed by atoms with Gasteiger partial charge in [-0.25, -0.2) is 0 Å². The summed E-state index contributed by atoms with van der Waals surface area (Å²) in [6.45, 7) is 4.72. The molecule has 0 saturated heterocycles. The normalized spacial score (nSPS) is 11.8. The second-order valence-electron chi connectivity index (χ2n) is 7.40. The molecule has 14 nitrogen and oxygen atoms in total. The SMILES string of the molecule is CCCCOC(=O)CCC(=O)[O-].CCCCOC(=O)CCC(=O)[O-].N.N.O=C([O-])C1(C(=O)[O-])CCC1.[Pt+4]. The number of rotatable bonds is 14. The Hall–Kier alpha value is -2.57. The molecule has 218 valence electrons. The van der Waals surface area contributed by atoms with Crippen molar-refractivity contribution in [3.8, 4) is 0 Å². The van der Waals surface area contributed by atoms with Crippen LogP contribution in [0.3, 0.4) is 0 Å². The summed E-state index contributed by atoms with van der Waals surface area (Å²) in [5, 5.41) is 40.3. The number of hydrogen-bond acceptors (Lipinski definition) is 14. The number of hydrogen-bond donors (Lipinski definition) is 2. The van der Waals surface area contributed by atoms with Crippen molar-refractivity contribution in [3.05, 3.63) is 0 Å². The molecule has 0 heterocycles. The van der Waals surface area contributed by atoms with Gasteiger partial charge in [-0.1, -0.05) is 33.1 Å². The van der Waals surface area contributed by atoms with Crippen LogP contribution in [0, 0.1) is 5.41 Å². The molecule has 0 amide bonds. The van der Waals surface area contributed by atoms with Gasteiger partial charge >= 0.3 is 33.0 Å². The predicted molar refractivity (Wildman–Crippen MR) is 117 cm³/mol. The average molecular weight is 718 g/mol. The molecule has 1 aliphatic rings. The van der Waals surface area contributed by atoms with Crippen molar-refractivity contribution in [2.75, 3.05) is 13.2 Å². The molecule has 0 aromatic carbocycles. The number of carboxylic acids is 4. The molecule has 15 heteroatoms. The first-order valence-corrected chi connectivity index (χ1v) is 11.1. The van der Waals surface area contributed by atoms with Crippen LogP contribution in [0.1, 0.15) is 84.5 Å². The van der Waals surface area contributed by atoms with E-state index in [-0.39, 0.29) is 71.9 Å². The van der Waals surface area contributed by atoms with Gasteiger partial charge in [0, 0.05) is 17.4 Å². The molecule has 0 bridgehead atoms. The summed E-state index contributed by atoms with van der Waals surface area (Å²) in [7, 11) is 0. The summed E-state index contributed by atoms with van der Waals surface area (Å²) >= 11 is 0. The molecule has 37 heavy (non-hydrogen) atoms. The molecule has 0 atom stereocenters. The topological polar surface area (TPSA) is 283 Å². The molecule has 0 aromatic heterocycles. The van der Waals surface area contributed by atoms with E-state index in [4.69, 9.17) is 9.47 Å². The Morgan fingerprint density at radius 2 is 0.973 bits per heavy atom. The Kier molecular flexibility index (Phi) is 31.8. The molecule has 0 aliphatic heterocycles. The zero-order chi connectivity index (χ0) is 26.6. The number of carboxylic acid groups (broad SMARTS) is 4. The molecule has 0 unspecified atom stereocenters. The van der Waals surface area contributed by atoms with Crippen LogP contribution in [0.25, 0.3) is 0 Å². The number of unbranched alkanes of at least 4 members (excludes halogenated alkanes) is 2. The number of aliphatic carboxylic acids is 4. The number of carbonyl (C=O) groups excluding carboxylic acids is 6. The van der Waals surface area contributed by atoms with Crippen LogP contribution in [0.15, 0.2) is 0 Å². The Balaban J connectivity index is -0.000000133. The minimum Gasteiger partial charge on any atom is -0.550 e. The Bertz CT molecular complexity index is 633. The van der Waals surface area contributed by atoms with Crippen molar-refractivity contribution >= 4 is 35.8 Å². The second-order valence-corrected chi connectivity index (χ2v) is 7.40. The summed E-state index contributed by atoms with van der Waals surface area (Å²) in [5.74, 6) is -6.40. The van der Waals surface area contributed by atoms with Crippen LogP contribution in [0.4, 0.5) is 0 Å². The molecular weight excluding hydrogens is 679 g/mol. The van der Waals surface area contributed by atoms with Gasteiger partial charge in [0.15, 0.2) is 0 Å². The Morgan fingerprint density at radius 1 is 0.649 bits per heavy atom. The summed E-state index contributed by atoms with van der Waals surface area (Å²) < 4.78 is 9.41. The molecule has 0 spiro atoms. The molecular formula is C22H38N2O12Pt. The first kappa shape index (κ1) is 44.4. The Morgan fingerprint density at radius 3 is 1.14 bits per heavy atom. The van der Waals surface area contributed by atoms with Gasteiger partial charge in [-0.3, -0.25) is 9.59 Å². The maximum Gasteiger partial charge on any atom is 4.00 e. The van der Waals surface area contributed by atoms with Crippen LogP contribution in [-0.2, 0) is 59.3 Å². The van der Waals surface area contributed by atoms with Gasteiger partial charge in [0.05, 0.1) is 38.0 Å². The number of ether oxygens (including phenoxy) is 2. The fourth-order valence-electron chi connectivity index (χ4n) is 2.24. The van der Waals surface area contributed by atoms with Crippen LogP contribution in [0.5, 0.6) is 0 Å². The van der Waals surface area contributed by atoms with Crippen molar-refractivity contribution in [1.29, 1.82) is 0 Å². The van der Waals surface area contributed by atoms with E-state index >= 15 is 0 Å². The van der Waals surface area contributed by atoms with Gasteiger partial charge in [-0.15, -0.1) is 0 Å². The van der Waals surface area contributed by atoms with E-state index in [0.29, 0.717) is 19.6 Å². The van der Waals surface area contributed by atoms with E-state index in [1.165, 1.54) is 0 Å². The third-order valence-electron chi connectivity index (χ3n) is 4.58. The third kappa shape index (κ3) is 23.6. The van der Waals surface area contributed by atoms with Crippen molar-refractivity contribution in [2.24, 2.45) is 5.41 Å². The van der Waals surface area contributed by atoms with E-state index in [0.717, 1.165) is 25.7 Å². The van der Waals surface area contributed by atoms with Crippen LogP contribution in [0.2, 0.25) is 0 Å². The molecule has 1 saturated carbocycles. The molecule has 6 N–H and O–H groups in total. The van der Waals surface area contributed by atoms with Gasteiger partial charge in [0.2, 0.25) is 0 Å². The Labute approximate surface area is 230 Å².